The van der Waals surface area contributed by atoms with E-state index in [1.54, 1.807) is 33.5 Å². The van der Waals surface area contributed by atoms with Crippen LogP contribution in [0.2, 0.25) is 0 Å². The molecule has 0 bridgehead atoms. The summed E-state index contributed by atoms with van der Waals surface area (Å²) in [6.45, 7) is 0. The number of benzene rings is 1. The number of carbonyl (C=O) groups is 1. The van der Waals surface area contributed by atoms with Gasteiger partial charge < -0.3 is 19.5 Å². The van der Waals surface area contributed by atoms with E-state index in [1.165, 1.54) is 18.6 Å². The number of hydrogen-bond acceptors (Lipinski definition) is 6. The van der Waals surface area contributed by atoms with E-state index in [0.717, 1.165) is 18.1 Å². The van der Waals surface area contributed by atoms with Crippen LogP contribution < -0.4 is 19.5 Å². The van der Waals surface area contributed by atoms with Crippen LogP contribution in [0.5, 0.6) is 17.2 Å². The molecule has 0 aliphatic carbocycles. The van der Waals surface area contributed by atoms with Crippen molar-refractivity contribution in [3.63, 3.8) is 0 Å². The van der Waals surface area contributed by atoms with Gasteiger partial charge in [-0.3, -0.25) is 4.79 Å². The SMILES string of the molecule is COc1cc(NC(=O)CCCCC2CCSS2)cc(OC)c1OC. The summed E-state index contributed by atoms with van der Waals surface area (Å²) in [5.74, 6) is 2.85. The van der Waals surface area contributed by atoms with Crippen LogP contribution in [0.3, 0.4) is 0 Å². The number of carbonyl (C=O) groups excluding carboxylic acids is 1. The van der Waals surface area contributed by atoms with Gasteiger partial charge in [-0.05, 0) is 19.3 Å². The second kappa shape index (κ2) is 9.93. The van der Waals surface area contributed by atoms with E-state index < -0.39 is 0 Å². The normalized spacial score (nSPS) is 16.7. The monoisotopic (exact) mass is 371 g/mol. The van der Waals surface area contributed by atoms with E-state index >= 15 is 0 Å². The molecule has 1 aromatic carbocycles. The van der Waals surface area contributed by atoms with Crippen molar-refractivity contribution in [3.8, 4) is 17.2 Å². The molecular weight excluding hydrogens is 346 g/mol. The number of anilines is 1. The van der Waals surface area contributed by atoms with Gasteiger partial charge in [0.1, 0.15) is 0 Å². The third-order valence-corrected chi connectivity index (χ3v) is 6.86. The molecule has 2 rings (SSSR count). The molecule has 0 aromatic heterocycles. The Balaban J connectivity index is 1.84. The molecule has 7 heteroatoms. The summed E-state index contributed by atoms with van der Waals surface area (Å²) < 4.78 is 15.9. The molecule has 1 fully saturated rings. The van der Waals surface area contributed by atoms with E-state index in [4.69, 9.17) is 14.2 Å². The van der Waals surface area contributed by atoms with Crippen LogP contribution in [0.1, 0.15) is 32.1 Å². The highest BCUT2D eigenvalue weighted by Crippen LogP contribution is 2.40. The van der Waals surface area contributed by atoms with Gasteiger partial charge in [-0.2, -0.15) is 0 Å². The molecular formula is C17H25NO4S2. The summed E-state index contributed by atoms with van der Waals surface area (Å²) in [6, 6.07) is 3.48. The molecule has 1 amide bonds. The maximum atomic E-state index is 12.1. The molecule has 1 aliphatic rings. The van der Waals surface area contributed by atoms with Gasteiger partial charge in [0.2, 0.25) is 11.7 Å². The highest BCUT2D eigenvalue weighted by Gasteiger charge is 2.16. The molecule has 0 spiro atoms. The Labute approximate surface area is 151 Å². The second-order valence-corrected chi connectivity index (χ2v) is 8.32. The number of ether oxygens (including phenoxy) is 3. The lowest BCUT2D eigenvalue weighted by molar-refractivity contribution is -0.116. The fourth-order valence-electron chi connectivity index (χ4n) is 2.60. The van der Waals surface area contributed by atoms with Crippen LogP contribution in [0.15, 0.2) is 12.1 Å². The molecule has 134 valence electrons. The van der Waals surface area contributed by atoms with Crippen molar-refractivity contribution in [2.75, 3.05) is 32.4 Å². The largest absolute Gasteiger partial charge is 0.493 e. The summed E-state index contributed by atoms with van der Waals surface area (Å²) in [7, 11) is 8.62. The van der Waals surface area contributed by atoms with Gasteiger partial charge in [0.25, 0.3) is 0 Å². The molecule has 1 saturated heterocycles. The zero-order valence-electron chi connectivity index (χ0n) is 14.4. The molecule has 1 heterocycles. The van der Waals surface area contributed by atoms with Crippen LogP contribution >= 0.6 is 21.6 Å². The molecule has 1 aliphatic heterocycles. The lowest BCUT2D eigenvalue weighted by atomic mass is 10.1. The first-order valence-corrected chi connectivity index (χ1v) is 10.4. The lowest BCUT2D eigenvalue weighted by Gasteiger charge is -2.14. The van der Waals surface area contributed by atoms with Gasteiger partial charge in [-0.25, -0.2) is 0 Å². The van der Waals surface area contributed by atoms with Gasteiger partial charge in [-0.15, -0.1) is 0 Å². The van der Waals surface area contributed by atoms with E-state index in [1.807, 2.05) is 21.6 Å². The van der Waals surface area contributed by atoms with Gasteiger partial charge in [0.05, 0.1) is 21.3 Å². The summed E-state index contributed by atoms with van der Waals surface area (Å²) in [5.41, 5.74) is 0.650. The summed E-state index contributed by atoms with van der Waals surface area (Å²) in [6.07, 6.45) is 5.04. The zero-order valence-corrected chi connectivity index (χ0v) is 16.1. The molecule has 0 radical (unpaired) electrons. The van der Waals surface area contributed by atoms with Crippen molar-refractivity contribution < 1.29 is 19.0 Å². The Morgan fingerprint density at radius 3 is 2.42 bits per heavy atom. The van der Waals surface area contributed by atoms with Crippen molar-refractivity contribution in [1.82, 2.24) is 0 Å². The van der Waals surface area contributed by atoms with Crippen LogP contribution in [-0.2, 0) is 4.79 Å². The van der Waals surface area contributed by atoms with Gasteiger partial charge >= 0.3 is 0 Å². The molecule has 1 aromatic rings. The van der Waals surface area contributed by atoms with Gasteiger partial charge in [-0.1, -0.05) is 28.0 Å². The number of nitrogens with one attached hydrogen (secondary N) is 1. The highest BCUT2D eigenvalue weighted by molar-refractivity contribution is 8.77. The number of unbranched alkanes of at least 4 members (excludes halogenated alkanes) is 1. The minimum atomic E-state index is 0.0118. The highest BCUT2D eigenvalue weighted by atomic mass is 33.1. The number of hydrogen-bond donors (Lipinski definition) is 1. The van der Waals surface area contributed by atoms with Crippen molar-refractivity contribution >= 4 is 33.2 Å². The predicted octanol–water partition coefficient (Wildman–Crippen LogP) is 4.37. The molecule has 1 unspecified atom stereocenters. The maximum Gasteiger partial charge on any atom is 0.224 e. The van der Waals surface area contributed by atoms with Crippen molar-refractivity contribution in [2.45, 2.75) is 37.4 Å². The van der Waals surface area contributed by atoms with Crippen LogP contribution in [0.25, 0.3) is 0 Å². The zero-order chi connectivity index (χ0) is 17.4. The Kier molecular flexibility index (Phi) is 7.91. The number of methoxy groups -OCH3 is 3. The Morgan fingerprint density at radius 2 is 1.88 bits per heavy atom. The Morgan fingerprint density at radius 1 is 1.17 bits per heavy atom. The van der Waals surface area contributed by atoms with E-state index in [9.17, 15) is 4.79 Å². The topological polar surface area (TPSA) is 56.8 Å². The summed E-state index contributed by atoms with van der Waals surface area (Å²) in [4.78, 5) is 12.1. The quantitative estimate of drug-likeness (QED) is 0.514. The van der Waals surface area contributed by atoms with E-state index in [-0.39, 0.29) is 5.91 Å². The molecule has 5 nitrogen and oxygen atoms in total. The summed E-state index contributed by atoms with van der Waals surface area (Å²) in [5, 5.41) is 3.68. The average molecular weight is 372 g/mol. The average Bonchev–Trinajstić information content (AvgIpc) is 3.11. The van der Waals surface area contributed by atoms with E-state index in [2.05, 4.69) is 5.32 Å². The number of amides is 1. The first-order chi connectivity index (χ1) is 11.7. The Hall–Kier alpha value is -1.21. The molecule has 1 N–H and O–H groups in total. The van der Waals surface area contributed by atoms with Crippen LogP contribution in [0.4, 0.5) is 5.69 Å². The maximum absolute atomic E-state index is 12.1. The van der Waals surface area contributed by atoms with Gasteiger partial charge in [0.15, 0.2) is 11.5 Å². The fourth-order valence-corrected chi connectivity index (χ4v) is 5.63. The molecule has 1 atom stereocenters. The fraction of sp³-hybridized carbons (Fsp3) is 0.588. The van der Waals surface area contributed by atoms with Crippen LogP contribution in [0, 0.1) is 0 Å². The first-order valence-electron chi connectivity index (χ1n) is 8.06. The lowest BCUT2D eigenvalue weighted by Crippen LogP contribution is -2.12. The Bertz CT molecular complexity index is 522. The molecule has 24 heavy (non-hydrogen) atoms. The second-order valence-electron chi connectivity index (χ2n) is 5.54. The smallest absolute Gasteiger partial charge is 0.224 e. The minimum Gasteiger partial charge on any atom is -0.493 e. The van der Waals surface area contributed by atoms with E-state index in [0.29, 0.717) is 29.4 Å². The van der Waals surface area contributed by atoms with Crippen molar-refractivity contribution in [2.24, 2.45) is 0 Å². The standard InChI is InChI=1S/C17H25NO4S2/c1-20-14-10-12(11-15(21-2)17(14)22-3)18-16(19)7-5-4-6-13-8-9-23-24-13/h10-11,13H,4-9H2,1-3H3,(H,18,19). The first kappa shape index (κ1) is 19.1. The van der Waals surface area contributed by atoms with Crippen molar-refractivity contribution in [3.05, 3.63) is 12.1 Å². The third-order valence-electron chi connectivity index (χ3n) is 3.86. The summed E-state index contributed by atoms with van der Waals surface area (Å²) >= 11 is 0. The molecule has 0 saturated carbocycles. The van der Waals surface area contributed by atoms with Gasteiger partial charge in [0, 0.05) is 35.2 Å². The van der Waals surface area contributed by atoms with Crippen molar-refractivity contribution in [1.29, 1.82) is 0 Å². The minimum absolute atomic E-state index is 0.0118. The van der Waals surface area contributed by atoms with Crippen LogP contribution in [-0.4, -0.2) is 38.2 Å². The number of rotatable bonds is 9. The third kappa shape index (κ3) is 5.41. The predicted molar refractivity (Wildman–Crippen MR) is 102 cm³/mol.